The lowest BCUT2D eigenvalue weighted by Gasteiger charge is -2.07. The minimum Gasteiger partial charge on any atom is -0.423 e. The van der Waals surface area contributed by atoms with Gasteiger partial charge in [0.05, 0.1) is 15.4 Å². The first-order valence-electron chi connectivity index (χ1n) is 6.52. The fourth-order valence-electron chi connectivity index (χ4n) is 2.05. The average molecular weight is 316 g/mol. The SMILES string of the molecule is Cc1cc([N+](=O)[O-])ccc1C(=O)Oc1ccc([N+](=O)[O-])c(C)c1. The molecule has 0 aliphatic rings. The molecule has 118 valence electrons. The van der Waals surface area contributed by atoms with Crippen LogP contribution in [0.5, 0.6) is 5.75 Å². The lowest BCUT2D eigenvalue weighted by Crippen LogP contribution is -2.10. The topological polar surface area (TPSA) is 113 Å². The highest BCUT2D eigenvalue weighted by molar-refractivity contribution is 5.93. The van der Waals surface area contributed by atoms with Crippen molar-refractivity contribution >= 4 is 17.3 Å². The summed E-state index contributed by atoms with van der Waals surface area (Å²) in [6, 6.07) is 7.76. The number of rotatable bonds is 4. The van der Waals surface area contributed by atoms with Crippen molar-refractivity contribution < 1.29 is 19.4 Å². The van der Waals surface area contributed by atoms with Crippen molar-refractivity contribution in [3.63, 3.8) is 0 Å². The standard InChI is InChI=1S/C15H12N2O6/c1-9-7-11(16(19)20)3-5-13(9)15(18)23-12-4-6-14(17(21)22)10(2)8-12/h3-8H,1-2H3. The van der Waals surface area contributed by atoms with Gasteiger partial charge in [0, 0.05) is 23.8 Å². The van der Waals surface area contributed by atoms with Crippen molar-refractivity contribution in [3.05, 3.63) is 73.3 Å². The molecule has 0 spiro atoms. The Hall–Kier alpha value is -3.29. The second-order valence-electron chi connectivity index (χ2n) is 4.85. The van der Waals surface area contributed by atoms with E-state index >= 15 is 0 Å². The first kappa shape index (κ1) is 16.1. The summed E-state index contributed by atoms with van der Waals surface area (Å²) >= 11 is 0. The summed E-state index contributed by atoms with van der Waals surface area (Å²) in [7, 11) is 0. The molecule has 0 aliphatic carbocycles. The van der Waals surface area contributed by atoms with Gasteiger partial charge in [0.25, 0.3) is 11.4 Å². The van der Waals surface area contributed by atoms with Crippen LogP contribution in [0.4, 0.5) is 11.4 Å². The number of ether oxygens (including phenoxy) is 1. The molecule has 0 aromatic heterocycles. The average Bonchev–Trinajstić information content (AvgIpc) is 2.46. The molecule has 2 aromatic carbocycles. The van der Waals surface area contributed by atoms with Gasteiger partial charge in [-0.1, -0.05) is 0 Å². The third-order valence-corrected chi connectivity index (χ3v) is 3.22. The predicted molar refractivity (Wildman–Crippen MR) is 80.6 cm³/mol. The van der Waals surface area contributed by atoms with E-state index in [0.717, 1.165) is 0 Å². The van der Waals surface area contributed by atoms with E-state index in [-0.39, 0.29) is 22.7 Å². The van der Waals surface area contributed by atoms with Crippen molar-refractivity contribution in [3.8, 4) is 5.75 Å². The van der Waals surface area contributed by atoms with Gasteiger partial charge < -0.3 is 4.74 Å². The van der Waals surface area contributed by atoms with Gasteiger partial charge in [-0.2, -0.15) is 0 Å². The molecule has 0 atom stereocenters. The van der Waals surface area contributed by atoms with Crippen LogP contribution < -0.4 is 4.74 Å². The maximum Gasteiger partial charge on any atom is 0.343 e. The van der Waals surface area contributed by atoms with Crippen molar-refractivity contribution in [2.45, 2.75) is 13.8 Å². The van der Waals surface area contributed by atoms with Gasteiger partial charge >= 0.3 is 5.97 Å². The highest BCUT2D eigenvalue weighted by atomic mass is 16.6. The van der Waals surface area contributed by atoms with E-state index in [1.807, 2.05) is 0 Å². The van der Waals surface area contributed by atoms with Crippen LogP contribution in [-0.2, 0) is 0 Å². The zero-order chi connectivity index (χ0) is 17.1. The van der Waals surface area contributed by atoms with Gasteiger partial charge in [-0.25, -0.2) is 4.79 Å². The van der Waals surface area contributed by atoms with Gasteiger partial charge in [0.2, 0.25) is 0 Å². The summed E-state index contributed by atoms with van der Waals surface area (Å²) in [4.78, 5) is 32.5. The highest BCUT2D eigenvalue weighted by Gasteiger charge is 2.17. The van der Waals surface area contributed by atoms with E-state index in [2.05, 4.69) is 0 Å². The minimum atomic E-state index is -0.689. The molecule has 0 saturated heterocycles. The number of esters is 1. The van der Waals surface area contributed by atoms with Crippen LogP contribution in [-0.4, -0.2) is 15.8 Å². The Labute approximate surface area is 130 Å². The van der Waals surface area contributed by atoms with Crippen LogP contribution in [0.15, 0.2) is 36.4 Å². The molecule has 0 aliphatic heterocycles. The molecule has 0 amide bonds. The third kappa shape index (κ3) is 3.49. The first-order chi connectivity index (χ1) is 10.8. The van der Waals surface area contributed by atoms with Crippen LogP contribution in [0.3, 0.4) is 0 Å². The van der Waals surface area contributed by atoms with Crippen LogP contribution in [0.2, 0.25) is 0 Å². The summed E-state index contributed by atoms with van der Waals surface area (Å²) in [5.74, 6) is -0.526. The number of carbonyl (C=O) groups excluding carboxylic acids is 1. The Bertz CT molecular complexity index is 816. The van der Waals surface area contributed by atoms with Crippen molar-refractivity contribution in [2.24, 2.45) is 0 Å². The fourth-order valence-corrected chi connectivity index (χ4v) is 2.05. The van der Waals surface area contributed by atoms with Crippen LogP contribution >= 0.6 is 0 Å². The number of nitro benzene ring substituents is 2. The number of nitro groups is 2. The van der Waals surface area contributed by atoms with Crippen molar-refractivity contribution in [1.29, 1.82) is 0 Å². The summed E-state index contributed by atoms with van der Waals surface area (Å²) < 4.78 is 5.17. The first-order valence-corrected chi connectivity index (χ1v) is 6.52. The number of nitrogens with zero attached hydrogens (tertiary/aromatic N) is 2. The van der Waals surface area contributed by atoms with Crippen LogP contribution in [0.1, 0.15) is 21.5 Å². The quantitative estimate of drug-likeness (QED) is 0.370. The Balaban J connectivity index is 2.24. The number of benzene rings is 2. The molecule has 8 heteroatoms. The van der Waals surface area contributed by atoms with Crippen LogP contribution in [0.25, 0.3) is 0 Å². The predicted octanol–water partition coefficient (Wildman–Crippen LogP) is 3.34. The zero-order valence-corrected chi connectivity index (χ0v) is 12.3. The zero-order valence-electron chi connectivity index (χ0n) is 12.3. The molecule has 0 N–H and O–H groups in total. The maximum atomic E-state index is 12.1. The molecular weight excluding hydrogens is 304 g/mol. The number of carbonyl (C=O) groups is 1. The fraction of sp³-hybridized carbons (Fsp3) is 0.133. The molecule has 0 fully saturated rings. The van der Waals surface area contributed by atoms with Gasteiger partial charge in [-0.05, 0) is 37.6 Å². The van der Waals surface area contributed by atoms with E-state index in [1.165, 1.54) is 43.3 Å². The molecule has 0 saturated carbocycles. The van der Waals surface area contributed by atoms with Gasteiger partial charge in [0.15, 0.2) is 0 Å². The molecule has 23 heavy (non-hydrogen) atoms. The Kier molecular flexibility index (Phi) is 4.35. The Morgan fingerprint density at radius 1 is 0.957 bits per heavy atom. The molecule has 0 radical (unpaired) electrons. The second kappa shape index (κ2) is 6.22. The molecule has 2 aromatic rings. The summed E-state index contributed by atoms with van der Waals surface area (Å²) in [6.07, 6.45) is 0. The van der Waals surface area contributed by atoms with Crippen molar-refractivity contribution in [1.82, 2.24) is 0 Å². The van der Waals surface area contributed by atoms with Gasteiger partial charge in [-0.15, -0.1) is 0 Å². The Morgan fingerprint density at radius 2 is 1.65 bits per heavy atom. The van der Waals surface area contributed by atoms with E-state index in [1.54, 1.807) is 6.92 Å². The van der Waals surface area contributed by atoms with Gasteiger partial charge in [-0.3, -0.25) is 20.2 Å². The largest absolute Gasteiger partial charge is 0.423 e. The summed E-state index contributed by atoms with van der Waals surface area (Å²) in [5, 5.41) is 21.4. The van der Waals surface area contributed by atoms with Gasteiger partial charge in [0.1, 0.15) is 5.75 Å². The number of non-ortho nitro benzene ring substituents is 1. The number of hydrogen-bond acceptors (Lipinski definition) is 6. The molecule has 0 bridgehead atoms. The lowest BCUT2D eigenvalue weighted by atomic mass is 10.1. The summed E-state index contributed by atoms with van der Waals surface area (Å²) in [5.41, 5.74) is 0.761. The molecule has 0 unspecified atom stereocenters. The van der Waals surface area contributed by atoms with Crippen molar-refractivity contribution in [2.75, 3.05) is 0 Å². The lowest BCUT2D eigenvalue weighted by molar-refractivity contribution is -0.385. The normalized spacial score (nSPS) is 10.2. The smallest absolute Gasteiger partial charge is 0.343 e. The second-order valence-corrected chi connectivity index (χ2v) is 4.85. The van der Waals surface area contributed by atoms with E-state index < -0.39 is 15.8 Å². The van der Waals surface area contributed by atoms with E-state index in [0.29, 0.717) is 11.1 Å². The number of aryl methyl sites for hydroxylation is 2. The maximum absolute atomic E-state index is 12.1. The van der Waals surface area contributed by atoms with E-state index in [9.17, 15) is 25.0 Å². The summed E-state index contributed by atoms with van der Waals surface area (Å²) in [6.45, 7) is 3.09. The third-order valence-electron chi connectivity index (χ3n) is 3.22. The monoisotopic (exact) mass is 316 g/mol. The molecule has 2 rings (SSSR count). The van der Waals surface area contributed by atoms with Crippen LogP contribution in [0, 0.1) is 34.1 Å². The highest BCUT2D eigenvalue weighted by Crippen LogP contribution is 2.24. The van der Waals surface area contributed by atoms with E-state index in [4.69, 9.17) is 4.74 Å². The number of hydrogen-bond donors (Lipinski definition) is 0. The molecule has 0 heterocycles. The molecular formula is C15H12N2O6. The molecule has 8 nitrogen and oxygen atoms in total. The Morgan fingerprint density at radius 3 is 2.17 bits per heavy atom. The minimum absolute atomic E-state index is 0.0729.